The lowest BCUT2D eigenvalue weighted by atomic mass is 10.7. The zero-order valence-electron chi connectivity index (χ0n) is 11.3. The van der Waals surface area contributed by atoms with Gasteiger partial charge in [-0.2, -0.15) is 24.7 Å². The van der Waals surface area contributed by atoms with Crippen molar-refractivity contribution in [2.45, 2.75) is 6.92 Å². The van der Waals surface area contributed by atoms with Crippen LogP contribution in [0.1, 0.15) is 6.92 Å². The molecule has 0 bridgehead atoms. The molecule has 0 aliphatic heterocycles. The molecule has 0 fully saturated rings. The minimum Gasteiger partial charge on any atom is -0.353 e. The minimum atomic E-state index is -3.06. The average molecular weight is 313 g/mol. The Morgan fingerprint density at radius 3 is 2.67 bits per heavy atom. The van der Waals surface area contributed by atoms with E-state index in [0.717, 1.165) is 0 Å². The number of nitrogens with two attached hydrogens (primary N) is 1. The van der Waals surface area contributed by atoms with Crippen molar-refractivity contribution in [3.8, 4) is 5.95 Å². The van der Waals surface area contributed by atoms with Crippen molar-refractivity contribution in [1.82, 2.24) is 29.7 Å². The molecule has 0 saturated heterocycles. The number of hydrazine groups is 1. The minimum absolute atomic E-state index is 0.0147. The van der Waals surface area contributed by atoms with Crippen molar-refractivity contribution in [2.24, 2.45) is 5.84 Å². The number of nitrogens with one attached hydrogen (secondary N) is 2. The van der Waals surface area contributed by atoms with Gasteiger partial charge in [-0.15, -0.1) is 0 Å². The summed E-state index contributed by atoms with van der Waals surface area (Å²) < 4.78 is 24.2. The SMILES string of the molecule is CCS(=O)(=O)CCNc1nc(NN)nc(-n2cncn2)n1. The largest absolute Gasteiger partial charge is 0.353 e. The number of nitrogen functional groups attached to an aromatic ring is 1. The van der Waals surface area contributed by atoms with E-state index in [1.54, 1.807) is 6.92 Å². The number of nitrogens with zero attached hydrogens (tertiary/aromatic N) is 6. The van der Waals surface area contributed by atoms with E-state index in [1.807, 2.05) is 0 Å². The van der Waals surface area contributed by atoms with Crippen molar-refractivity contribution < 1.29 is 8.42 Å². The molecule has 0 aliphatic rings. The summed E-state index contributed by atoms with van der Waals surface area (Å²) in [7, 11) is -3.06. The molecular weight excluding hydrogens is 298 g/mol. The van der Waals surface area contributed by atoms with Crippen molar-refractivity contribution in [3.63, 3.8) is 0 Å². The molecule has 2 rings (SSSR count). The Morgan fingerprint density at radius 2 is 2.05 bits per heavy atom. The third-order valence-corrected chi connectivity index (χ3v) is 4.22. The highest BCUT2D eigenvalue weighted by Gasteiger charge is 2.10. The van der Waals surface area contributed by atoms with Crippen LogP contribution in [0.2, 0.25) is 0 Å². The second kappa shape index (κ2) is 6.41. The molecule has 0 amide bonds. The summed E-state index contributed by atoms with van der Waals surface area (Å²) >= 11 is 0. The van der Waals surface area contributed by atoms with Gasteiger partial charge >= 0.3 is 0 Å². The molecule has 0 unspecified atom stereocenters. The first kappa shape index (κ1) is 15.1. The van der Waals surface area contributed by atoms with Crippen molar-refractivity contribution in [2.75, 3.05) is 28.8 Å². The molecule has 114 valence electrons. The molecule has 0 spiro atoms. The fourth-order valence-electron chi connectivity index (χ4n) is 1.38. The van der Waals surface area contributed by atoms with Gasteiger partial charge in [0.25, 0.3) is 5.95 Å². The molecule has 0 radical (unpaired) electrons. The van der Waals surface area contributed by atoms with Crippen molar-refractivity contribution in [1.29, 1.82) is 0 Å². The maximum Gasteiger partial charge on any atom is 0.258 e. The van der Waals surface area contributed by atoms with E-state index in [-0.39, 0.29) is 35.9 Å². The lowest BCUT2D eigenvalue weighted by Crippen LogP contribution is -2.20. The van der Waals surface area contributed by atoms with Gasteiger partial charge in [-0.1, -0.05) is 6.92 Å². The van der Waals surface area contributed by atoms with Crippen LogP contribution < -0.4 is 16.6 Å². The van der Waals surface area contributed by atoms with E-state index in [4.69, 9.17) is 5.84 Å². The van der Waals surface area contributed by atoms with Crippen LogP contribution in [0.25, 0.3) is 5.95 Å². The van der Waals surface area contributed by atoms with Crippen LogP contribution >= 0.6 is 0 Å². The molecule has 11 nitrogen and oxygen atoms in total. The van der Waals surface area contributed by atoms with E-state index in [9.17, 15) is 8.42 Å². The average Bonchev–Trinajstić information content (AvgIpc) is 3.01. The topological polar surface area (TPSA) is 154 Å². The summed E-state index contributed by atoms with van der Waals surface area (Å²) in [4.78, 5) is 15.9. The standard InChI is InChI=1S/C9H15N9O2S/c1-2-21(19,20)4-3-12-7-14-8(17-10)16-9(15-7)18-6-11-5-13-18/h5-6H,2-4,10H2,1H3,(H2,12,14,15,16,17). The van der Waals surface area contributed by atoms with E-state index in [1.165, 1.54) is 17.3 Å². The van der Waals surface area contributed by atoms with E-state index >= 15 is 0 Å². The van der Waals surface area contributed by atoms with Gasteiger partial charge in [-0.25, -0.2) is 19.2 Å². The normalized spacial score (nSPS) is 11.3. The molecule has 0 saturated carbocycles. The highest BCUT2D eigenvalue weighted by atomic mass is 32.2. The Labute approximate surface area is 120 Å². The van der Waals surface area contributed by atoms with Crippen LogP contribution in [0.5, 0.6) is 0 Å². The number of hydrogen-bond donors (Lipinski definition) is 3. The van der Waals surface area contributed by atoms with Gasteiger partial charge < -0.3 is 5.32 Å². The second-order valence-electron chi connectivity index (χ2n) is 3.93. The third kappa shape index (κ3) is 4.06. The molecule has 4 N–H and O–H groups in total. The molecule has 0 atom stereocenters. The Hall–Kier alpha value is -2.34. The summed E-state index contributed by atoms with van der Waals surface area (Å²) in [6.45, 7) is 1.78. The second-order valence-corrected chi connectivity index (χ2v) is 6.40. The Bertz CT molecular complexity index is 685. The number of hydrogen-bond acceptors (Lipinski definition) is 10. The predicted molar refractivity (Wildman–Crippen MR) is 75.4 cm³/mol. The van der Waals surface area contributed by atoms with Crippen molar-refractivity contribution >= 4 is 21.7 Å². The van der Waals surface area contributed by atoms with Gasteiger partial charge in [0.2, 0.25) is 11.9 Å². The Morgan fingerprint density at radius 1 is 1.29 bits per heavy atom. The summed E-state index contributed by atoms with van der Waals surface area (Å²) in [6.07, 6.45) is 2.75. The number of rotatable bonds is 7. The third-order valence-electron chi connectivity index (χ3n) is 2.51. The van der Waals surface area contributed by atoms with Gasteiger partial charge in [0.05, 0.1) is 5.75 Å². The zero-order chi connectivity index (χ0) is 15.3. The lowest BCUT2D eigenvalue weighted by molar-refractivity contribution is 0.597. The van der Waals surface area contributed by atoms with E-state index in [2.05, 4.69) is 35.8 Å². The molecular formula is C9H15N9O2S. The molecule has 2 heterocycles. The van der Waals surface area contributed by atoms with E-state index < -0.39 is 9.84 Å². The number of anilines is 2. The first-order chi connectivity index (χ1) is 10.0. The summed E-state index contributed by atoms with van der Waals surface area (Å²) in [5.41, 5.74) is 2.31. The van der Waals surface area contributed by atoms with Gasteiger partial charge in [0.1, 0.15) is 12.7 Å². The summed E-state index contributed by atoms with van der Waals surface area (Å²) in [5, 5.41) is 6.71. The van der Waals surface area contributed by atoms with Gasteiger partial charge in [0.15, 0.2) is 9.84 Å². The van der Waals surface area contributed by atoms with Crippen LogP contribution in [-0.4, -0.2) is 56.2 Å². The molecule has 21 heavy (non-hydrogen) atoms. The first-order valence-corrected chi connectivity index (χ1v) is 7.88. The quantitative estimate of drug-likeness (QED) is 0.410. The zero-order valence-corrected chi connectivity index (χ0v) is 12.1. The highest BCUT2D eigenvalue weighted by Crippen LogP contribution is 2.07. The van der Waals surface area contributed by atoms with Crippen LogP contribution in [0, 0.1) is 0 Å². The predicted octanol–water partition coefficient (Wildman–Crippen LogP) is -1.42. The molecule has 0 aliphatic carbocycles. The smallest absolute Gasteiger partial charge is 0.258 e. The summed E-state index contributed by atoms with van der Waals surface area (Å²) in [5.74, 6) is 5.88. The highest BCUT2D eigenvalue weighted by molar-refractivity contribution is 7.91. The Kier molecular flexibility index (Phi) is 4.59. The van der Waals surface area contributed by atoms with Crippen LogP contribution in [0.15, 0.2) is 12.7 Å². The van der Waals surface area contributed by atoms with Gasteiger partial charge in [-0.05, 0) is 0 Å². The fourth-order valence-corrected chi connectivity index (χ4v) is 2.09. The molecule has 2 aromatic heterocycles. The van der Waals surface area contributed by atoms with Crippen LogP contribution in [-0.2, 0) is 9.84 Å². The maximum atomic E-state index is 11.4. The lowest BCUT2D eigenvalue weighted by Gasteiger charge is -2.08. The first-order valence-electron chi connectivity index (χ1n) is 6.06. The fraction of sp³-hybridized carbons (Fsp3) is 0.444. The number of aromatic nitrogens is 6. The van der Waals surface area contributed by atoms with Crippen molar-refractivity contribution in [3.05, 3.63) is 12.7 Å². The molecule has 0 aromatic carbocycles. The maximum absolute atomic E-state index is 11.4. The van der Waals surface area contributed by atoms with E-state index in [0.29, 0.717) is 0 Å². The van der Waals surface area contributed by atoms with Gasteiger partial charge in [0, 0.05) is 12.3 Å². The number of sulfone groups is 1. The Balaban J connectivity index is 2.14. The van der Waals surface area contributed by atoms with Crippen LogP contribution in [0.4, 0.5) is 11.9 Å². The molecule has 2 aromatic rings. The molecule has 12 heteroatoms. The van der Waals surface area contributed by atoms with Crippen LogP contribution in [0.3, 0.4) is 0 Å². The monoisotopic (exact) mass is 313 g/mol. The van der Waals surface area contributed by atoms with Gasteiger partial charge in [-0.3, -0.25) is 5.43 Å². The summed E-state index contributed by atoms with van der Waals surface area (Å²) in [6, 6.07) is 0.